The fourth-order valence-corrected chi connectivity index (χ4v) is 4.06. The molecule has 0 amide bonds. The van der Waals surface area contributed by atoms with Gasteiger partial charge in [-0.1, -0.05) is 12.1 Å². The molecule has 0 aliphatic carbocycles. The third kappa shape index (κ3) is 3.65. The zero-order chi connectivity index (χ0) is 21.6. The largest absolute Gasteiger partial charge is 0.344 e. The molecule has 10 heteroatoms. The van der Waals surface area contributed by atoms with Crippen molar-refractivity contribution < 1.29 is 12.8 Å². The number of nitrogens with one attached hydrogen (secondary N) is 1. The normalized spacial score (nSPS) is 12.1. The van der Waals surface area contributed by atoms with E-state index in [-0.39, 0.29) is 6.04 Å². The molecule has 156 valence electrons. The number of hydrogen-bond acceptors (Lipinski definition) is 5. The quantitative estimate of drug-likeness (QED) is 0.524. The van der Waals surface area contributed by atoms with Crippen molar-refractivity contribution in [1.29, 1.82) is 0 Å². The van der Waals surface area contributed by atoms with E-state index in [4.69, 9.17) is 0 Å². The van der Waals surface area contributed by atoms with E-state index < -0.39 is 15.8 Å². The number of halogens is 1. The molecule has 0 radical (unpaired) electrons. The summed E-state index contributed by atoms with van der Waals surface area (Å²) >= 11 is 0. The number of tetrazole rings is 1. The van der Waals surface area contributed by atoms with E-state index in [1.807, 2.05) is 36.7 Å². The molecule has 0 bridgehead atoms. The summed E-state index contributed by atoms with van der Waals surface area (Å²) in [5.74, 6) is -0.0774. The third-order valence-electron chi connectivity index (χ3n) is 4.83. The number of fused-ring (bicyclic) bond motifs is 1. The van der Waals surface area contributed by atoms with Crippen molar-refractivity contribution in [3.8, 4) is 22.5 Å². The third-order valence-corrected chi connectivity index (χ3v) is 5.44. The first kappa shape index (κ1) is 20.0. The minimum absolute atomic E-state index is 0.128. The fourth-order valence-electron chi connectivity index (χ4n) is 3.51. The standard InChI is InChI=1S/C20H21FN6O2S/c1-12(2)27-11-17(15-8-6-14(10-19(15)27)23-30(4,28)29)13-5-7-16(18(21)9-13)20-22-24-25-26(20)3/h5-12,23H,1-4H3. The highest BCUT2D eigenvalue weighted by atomic mass is 32.2. The summed E-state index contributed by atoms with van der Waals surface area (Å²) < 4.78 is 44.1. The summed E-state index contributed by atoms with van der Waals surface area (Å²) in [6.45, 7) is 4.06. The van der Waals surface area contributed by atoms with Gasteiger partial charge in [-0.2, -0.15) is 0 Å². The van der Waals surface area contributed by atoms with Gasteiger partial charge in [0.2, 0.25) is 10.0 Å². The van der Waals surface area contributed by atoms with Crippen molar-refractivity contribution in [1.82, 2.24) is 24.8 Å². The Morgan fingerprint density at radius 3 is 2.47 bits per heavy atom. The molecule has 0 spiro atoms. The SMILES string of the molecule is CC(C)n1cc(-c2ccc(-c3nnnn3C)c(F)c2)c2ccc(NS(C)(=O)=O)cc21. The molecule has 2 heterocycles. The molecule has 0 saturated carbocycles. The molecule has 0 unspecified atom stereocenters. The van der Waals surface area contributed by atoms with Crippen LogP contribution in [0.3, 0.4) is 0 Å². The number of anilines is 1. The van der Waals surface area contributed by atoms with Crippen LogP contribution in [0.1, 0.15) is 19.9 Å². The predicted molar refractivity (Wildman–Crippen MR) is 114 cm³/mol. The molecule has 0 aliphatic heterocycles. The van der Waals surface area contributed by atoms with Gasteiger partial charge in [0.25, 0.3) is 0 Å². The summed E-state index contributed by atoms with van der Waals surface area (Å²) in [6, 6.07) is 10.4. The molecule has 0 saturated heterocycles. The molecule has 2 aromatic carbocycles. The van der Waals surface area contributed by atoms with E-state index in [2.05, 4.69) is 20.2 Å². The Labute approximate surface area is 173 Å². The van der Waals surface area contributed by atoms with Gasteiger partial charge in [-0.15, -0.1) is 5.10 Å². The summed E-state index contributed by atoms with van der Waals surface area (Å²) in [6.07, 6.45) is 3.07. The second-order valence-electron chi connectivity index (χ2n) is 7.47. The maximum absolute atomic E-state index is 14.9. The van der Waals surface area contributed by atoms with E-state index in [1.165, 1.54) is 10.7 Å². The van der Waals surface area contributed by atoms with Crippen LogP contribution in [-0.2, 0) is 17.1 Å². The molecule has 30 heavy (non-hydrogen) atoms. The molecule has 1 N–H and O–H groups in total. The lowest BCUT2D eigenvalue weighted by Gasteiger charge is -2.10. The van der Waals surface area contributed by atoms with Crippen LogP contribution >= 0.6 is 0 Å². The smallest absolute Gasteiger partial charge is 0.229 e. The van der Waals surface area contributed by atoms with E-state index >= 15 is 0 Å². The zero-order valence-corrected chi connectivity index (χ0v) is 17.8. The molecule has 2 aromatic heterocycles. The van der Waals surface area contributed by atoms with E-state index in [1.54, 1.807) is 25.2 Å². The number of aromatic nitrogens is 5. The number of rotatable bonds is 5. The summed E-state index contributed by atoms with van der Waals surface area (Å²) in [4.78, 5) is 0. The number of hydrogen-bond donors (Lipinski definition) is 1. The minimum Gasteiger partial charge on any atom is -0.344 e. The van der Waals surface area contributed by atoms with Crippen molar-refractivity contribution in [2.45, 2.75) is 19.9 Å². The van der Waals surface area contributed by atoms with Gasteiger partial charge in [0.1, 0.15) is 5.82 Å². The summed E-state index contributed by atoms with van der Waals surface area (Å²) in [5, 5.41) is 12.1. The monoisotopic (exact) mass is 428 g/mol. The first-order valence-electron chi connectivity index (χ1n) is 9.29. The van der Waals surface area contributed by atoms with Crippen LogP contribution < -0.4 is 4.72 Å². The van der Waals surface area contributed by atoms with Crippen LogP contribution in [0.5, 0.6) is 0 Å². The van der Waals surface area contributed by atoms with Crippen LogP contribution in [0.25, 0.3) is 33.4 Å². The van der Waals surface area contributed by atoms with Gasteiger partial charge in [0, 0.05) is 30.2 Å². The van der Waals surface area contributed by atoms with Gasteiger partial charge < -0.3 is 4.57 Å². The van der Waals surface area contributed by atoms with Gasteiger partial charge in [-0.05, 0) is 54.1 Å². The Balaban J connectivity index is 1.85. The van der Waals surface area contributed by atoms with Gasteiger partial charge in [-0.25, -0.2) is 17.5 Å². The van der Waals surface area contributed by atoms with Crippen LogP contribution in [-0.4, -0.2) is 39.4 Å². The first-order chi connectivity index (χ1) is 14.1. The lowest BCUT2D eigenvalue weighted by Crippen LogP contribution is -2.09. The van der Waals surface area contributed by atoms with Crippen molar-refractivity contribution in [2.24, 2.45) is 7.05 Å². The highest BCUT2D eigenvalue weighted by Crippen LogP contribution is 2.35. The van der Waals surface area contributed by atoms with E-state index in [9.17, 15) is 12.8 Å². The molecule has 0 atom stereocenters. The average Bonchev–Trinajstić information content (AvgIpc) is 3.23. The second-order valence-corrected chi connectivity index (χ2v) is 9.22. The van der Waals surface area contributed by atoms with Crippen molar-refractivity contribution in [3.05, 3.63) is 48.4 Å². The maximum atomic E-state index is 14.9. The Bertz CT molecular complexity index is 1360. The number of benzene rings is 2. The van der Waals surface area contributed by atoms with Crippen LogP contribution in [0.2, 0.25) is 0 Å². The topological polar surface area (TPSA) is 94.7 Å². The van der Waals surface area contributed by atoms with Crippen LogP contribution in [0.15, 0.2) is 42.6 Å². The summed E-state index contributed by atoms with van der Waals surface area (Å²) in [7, 11) is -1.73. The van der Waals surface area contributed by atoms with Gasteiger partial charge in [0.05, 0.1) is 23.0 Å². The molecular formula is C20H21FN6O2S. The molecule has 0 aliphatic rings. The summed E-state index contributed by atoms with van der Waals surface area (Å²) in [5.41, 5.74) is 3.22. The Morgan fingerprint density at radius 1 is 1.10 bits per heavy atom. The van der Waals surface area contributed by atoms with Gasteiger partial charge in [-0.3, -0.25) is 4.72 Å². The molecule has 0 fully saturated rings. The van der Waals surface area contributed by atoms with E-state index in [0.29, 0.717) is 22.6 Å². The zero-order valence-electron chi connectivity index (χ0n) is 17.0. The number of aryl methyl sites for hydroxylation is 1. The van der Waals surface area contributed by atoms with Gasteiger partial charge >= 0.3 is 0 Å². The Kier molecular flexibility index (Phi) is 4.81. The number of sulfonamides is 1. The van der Waals surface area contributed by atoms with Gasteiger partial charge in [0.15, 0.2) is 5.82 Å². The molecular weight excluding hydrogens is 407 g/mol. The second kappa shape index (κ2) is 7.21. The lowest BCUT2D eigenvalue weighted by molar-refractivity contribution is 0.607. The van der Waals surface area contributed by atoms with E-state index in [0.717, 1.165) is 22.7 Å². The highest BCUT2D eigenvalue weighted by Gasteiger charge is 2.17. The lowest BCUT2D eigenvalue weighted by atomic mass is 10.0. The average molecular weight is 428 g/mol. The molecule has 4 aromatic rings. The van der Waals surface area contributed by atoms with Crippen LogP contribution in [0, 0.1) is 5.82 Å². The number of nitrogens with zero attached hydrogens (tertiary/aromatic N) is 5. The van der Waals surface area contributed by atoms with Crippen molar-refractivity contribution in [3.63, 3.8) is 0 Å². The highest BCUT2D eigenvalue weighted by molar-refractivity contribution is 7.92. The molecule has 4 rings (SSSR count). The van der Waals surface area contributed by atoms with Crippen LogP contribution in [0.4, 0.5) is 10.1 Å². The Hall–Kier alpha value is -3.27. The first-order valence-corrected chi connectivity index (χ1v) is 11.2. The molecule has 8 nitrogen and oxygen atoms in total. The fraction of sp³-hybridized carbons (Fsp3) is 0.250. The van der Waals surface area contributed by atoms with Crippen molar-refractivity contribution in [2.75, 3.05) is 11.0 Å². The maximum Gasteiger partial charge on any atom is 0.229 e. The Morgan fingerprint density at radius 2 is 1.87 bits per heavy atom. The van der Waals surface area contributed by atoms with Crippen molar-refractivity contribution >= 4 is 26.6 Å². The minimum atomic E-state index is -3.39. The predicted octanol–water partition coefficient (Wildman–Crippen LogP) is 3.59.